The third-order valence-electron chi connectivity index (χ3n) is 4.04. The van der Waals surface area contributed by atoms with Crippen LogP contribution in [0.15, 0.2) is 29.2 Å². The van der Waals surface area contributed by atoms with Gasteiger partial charge in [-0.1, -0.05) is 31.9 Å². The minimum atomic E-state index is -3.82. The summed E-state index contributed by atoms with van der Waals surface area (Å²) < 4.78 is 50.3. The number of benzene rings is 1. The highest BCUT2D eigenvalue weighted by Gasteiger charge is 2.38. The Labute approximate surface area is 145 Å². The molecule has 132 valence electrons. The SMILES string of the molecule is C#CCN(C1CCS(=O)(=O)C1)S(=O)(=O)c1ccc(CC(C)C)cc1. The fourth-order valence-corrected chi connectivity index (χ4v) is 6.30. The topological polar surface area (TPSA) is 71.5 Å². The Bertz CT molecular complexity index is 818. The van der Waals surface area contributed by atoms with E-state index in [0.29, 0.717) is 5.92 Å². The van der Waals surface area contributed by atoms with Crippen molar-refractivity contribution in [3.05, 3.63) is 29.8 Å². The molecular weight excluding hydrogens is 346 g/mol. The van der Waals surface area contributed by atoms with Crippen molar-refractivity contribution in [2.45, 2.75) is 37.6 Å². The maximum absolute atomic E-state index is 12.9. The third-order valence-corrected chi connectivity index (χ3v) is 7.70. The van der Waals surface area contributed by atoms with Crippen LogP contribution < -0.4 is 0 Å². The van der Waals surface area contributed by atoms with Gasteiger partial charge in [-0.3, -0.25) is 0 Å². The van der Waals surface area contributed by atoms with Crippen molar-refractivity contribution in [3.63, 3.8) is 0 Å². The Kier molecular flexibility index (Phi) is 5.74. The fourth-order valence-electron chi connectivity index (χ4n) is 2.91. The molecular formula is C17H23NO4S2. The van der Waals surface area contributed by atoms with E-state index in [1.807, 2.05) is 0 Å². The first kappa shape index (κ1) is 19.0. The second kappa shape index (κ2) is 7.26. The van der Waals surface area contributed by atoms with Crippen LogP contribution in [0.3, 0.4) is 0 Å². The Morgan fingerprint density at radius 2 is 1.92 bits per heavy atom. The summed E-state index contributed by atoms with van der Waals surface area (Å²) in [6, 6.07) is 6.14. The molecule has 2 rings (SSSR count). The quantitative estimate of drug-likeness (QED) is 0.716. The first-order chi connectivity index (χ1) is 11.2. The standard InChI is InChI=1S/C17H23NO4S2/c1-4-10-18(16-9-11-23(19,20)13-16)24(21,22)17-7-5-15(6-8-17)12-14(2)3/h1,5-8,14,16H,9-13H2,2-3H3. The minimum Gasteiger partial charge on any atom is -0.229 e. The van der Waals surface area contributed by atoms with Crippen LogP contribution in [0.1, 0.15) is 25.8 Å². The predicted molar refractivity (Wildman–Crippen MR) is 94.8 cm³/mol. The van der Waals surface area contributed by atoms with Gasteiger partial charge in [-0.2, -0.15) is 4.31 Å². The van der Waals surface area contributed by atoms with E-state index in [-0.39, 0.29) is 29.4 Å². The Hall–Kier alpha value is -1.36. The van der Waals surface area contributed by atoms with E-state index >= 15 is 0 Å². The molecule has 1 heterocycles. The van der Waals surface area contributed by atoms with Crippen molar-refractivity contribution in [2.24, 2.45) is 5.92 Å². The Morgan fingerprint density at radius 1 is 1.29 bits per heavy atom. The van der Waals surface area contributed by atoms with Gasteiger partial charge in [0.1, 0.15) is 0 Å². The summed E-state index contributed by atoms with van der Waals surface area (Å²) >= 11 is 0. The lowest BCUT2D eigenvalue weighted by molar-refractivity contribution is 0.371. The predicted octanol–water partition coefficient (Wildman–Crippen LogP) is 1.70. The van der Waals surface area contributed by atoms with Crippen LogP contribution in [0, 0.1) is 18.3 Å². The lowest BCUT2D eigenvalue weighted by Crippen LogP contribution is -2.41. The van der Waals surface area contributed by atoms with E-state index in [1.54, 1.807) is 24.3 Å². The van der Waals surface area contributed by atoms with Crippen LogP contribution in [0.2, 0.25) is 0 Å². The number of rotatable bonds is 6. The van der Waals surface area contributed by atoms with Gasteiger partial charge < -0.3 is 0 Å². The van der Waals surface area contributed by atoms with Crippen LogP contribution in [0.25, 0.3) is 0 Å². The van der Waals surface area contributed by atoms with Gasteiger partial charge in [0, 0.05) is 6.04 Å². The van der Waals surface area contributed by atoms with Crippen molar-refractivity contribution in [3.8, 4) is 12.3 Å². The van der Waals surface area contributed by atoms with Crippen molar-refractivity contribution in [1.29, 1.82) is 0 Å². The maximum Gasteiger partial charge on any atom is 0.244 e. The first-order valence-electron chi connectivity index (χ1n) is 7.90. The minimum absolute atomic E-state index is 0.00157. The van der Waals surface area contributed by atoms with E-state index in [1.165, 1.54) is 0 Å². The first-order valence-corrected chi connectivity index (χ1v) is 11.2. The zero-order chi connectivity index (χ0) is 18.0. The molecule has 0 N–H and O–H groups in total. The summed E-state index contributed by atoms with van der Waals surface area (Å²) in [7, 11) is -7.01. The molecule has 0 bridgehead atoms. The maximum atomic E-state index is 12.9. The molecule has 0 saturated carbocycles. The summed E-state index contributed by atoms with van der Waals surface area (Å²) in [6.07, 6.45) is 6.47. The van der Waals surface area contributed by atoms with Crippen molar-refractivity contribution >= 4 is 19.9 Å². The second-order valence-electron chi connectivity index (χ2n) is 6.55. The van der Waals surface area contributed by atoms with Crippen LogP contribution in [-0.2, 0) is 26.3 Å². The van der Waals surface area contributed by atoms with Gasteiger partial charge in [0.05, 0.1) is 22.9 Å². The van der Waals surface area contributed by atoms with Crippen LogP contribution in [0.4, 0.5) is 0 Å². The van der Waals surface area contributed by atoms with E-state index in [2.05, 4.69) is 19.8 Å². The molecule has 1 aliphatic rings. The summed E-state index contributed by atoms with van der Waals surface area (Å²) in [5.74, 6) is 2.65. The molecule has 0 amide bonds. The molecule has 0 radical (unpaired) electrons. The molecule has 1 aliphatic heterocycles. The molecule has 5 nitrogen and oxygen atoms in total. The van der Waals surface area contributed by atoms with E-state index in [0.717, 1.165) is 16.3 Å². The largest absolute Gasteiger partial charge is 0.244 e. The smallest absolute Gasteiger partial charge is 0.229 e. The van der Waals surface area contributed by atoms with Crippen molar-refractivity contribution in [1.82, 2.24) is 4.31 Å². The number of sulfonamides is 1. The van der Waals surface area contributed by atoms with Gasteiger partial charge >= 0.3 is 0 Å². The molecule has 7 heteroatoms. The molecule has 1 aromatic carbocycles. The molecule has 1 aromatic rings. The lowest BCUT2D eigenvalue weighted by atomic mass is 10.0. The van der Waals surface area contributed by atoms with Crippen LogP contribution in [0.5, 0.6) is 0 Å². The van der Waals surface area contributed by atoms with E-state index < -0.39 is 25.9 Å². The Morgan fingerprint density at radius 3 is 2.38 bits per heavy atom. The zero-order valence-electron chi connectivity index (χ0n) is 14.0. The van der Waals surface area contributed by atoms with Gasteiger partial charge in [0.25, 0.3) is 0 Å². The van der Waals surface area contributed by atoms with Gasteiger partial charge in [-0.05, 0) is 36.5 Å². The molecule has 0 spiro atoms. The van der Waals surface area contributed by atoms with E-state index in [9.17, 15) is 16.8 Å². The Balaban J connectivity index is 2.30. The number of sulfone groups is 1. The van der Waals surface area contributed by atoms with Gasteiger partial charge in [0.15, 0.2) is 9.84 Å². The highest BCUT2D eigenvalue weighted by atomic mass is 32.2. The summed E-state index contributed by atoms with van der Waals surface area (Å²) in [5, 5.41) is 0. The summed E-state index contributed by atoms with van der Waals surface area (Å²) in [5.41, 5.74) is 1.07. The van der Waals surface area contributed by atoms with Crippen LogP contribution in [-0.4, -0.2) is 45.2 Å². The average molecular weight is 370 g/mol. The van der Waals surface area contributed by atoms with Gasteiger partial charge in [-0.25, -0.2) is 16.8 Å². The molecule has 1 saturated heterocycles. The molecule has 1 fully saturated rings. The van der Waals surface area contributed by atoms with E-state index in [4.69, 9.17) is 6.42 Å². The summed E-state index contributed by atoms with van der Waals surface area (Å²) in [4.78, 5) is 0.148. The van der Waals surface area contributed by atoms with Gasteiger partial charge in [0.2, 0.25) is 10.0 Å². The van der Waals surface area contributed by atoms with Gasteiger partial charge in [-0.15, -0.1) is 6.42 Å². The number of hydrogen-bond donors (Lipinski definition) is 0. The monoisotopic (exact) mass is 369 g/mol. The molecule has 0 aromatic heterocycles. The van der Waals surface area contributed by atoms with Crippen molar-refractivity contribution in [2.75, 3.05) is 18.1 Å². The zero-order valence-corrected chi connectivity index (χ0v) is 15.6. The molecule has 0 aliphatic carbocycles. The third kappa shape index (κ3) is 4.38. The molecule has 1 unspecified atom stereocenters. The number of terminal acetylenes is 1. The number of nitrogens with zero attached hydrogens (tertiary/aromatic N) is 1. The normalized spacial score (nSPS) is 20.4. The fraction of sp³-hybridized carbons (Fsp3) is 0.529. The van der Waals surface area contributed by atoms with Crippen LogP contribution >= 0.6 is 0 Å². The average Bonchev–Trinajstić information content (AvgIpc) is 2.84. The highest BCUT2D eigenvalue weighted by molar-refractivity contribution is 7.92. The molecule has 1 atom stereocenters. The summed E-state index contributed by atoms with van der Waals surface area (Å²) in [6.45, 7) is 4.07. The lowest BCUT2D eigenvalue weighted by Gasteiger charge is -2.25. The second-order valence-corrected chi connectivity index (χ2v) is 10.7. The van der Waals surface area contributed by atoms with Crippen molar-refractivity contribution < 1.29 is 16.8 Å². The molecule has 24 heavy (non-hydrogen) atoms. The number of hydrogen-bond acceptors (Lipinski definition) is 4. The highest BCUT2D eigenvalue weighted by Crippen LogP contribution is 2.25.